The van der Waals surface area contributed by atoms with E-state index in [4.69, 9.17) is 0 Å². The molecule has 0 fully saturated rings. The molecule has 0 aliphatic carbocycles. The van der Waals surface area contributed by atoms with Gasteiger partial charge in [0.1, 0.15) is 0 Å². The van der Waals surface area contributed by atoms with Gasteiger partial charge in [-0.15, -0.1) is 0 Å². The van der Waals surface area contributed by atoms with E-state index in [1.165, 1.54) is 89.9 Å². The molecule has 0 amide bonds. The van der Waals surface area contributed by atoms with Gasteiger partial charge in [0.05, 0.1) is 24.6 Å². The summed E-state index contributed by atoms with van der Waals surface area (Å²) in [5.74, 6) is 0. The van der Waals surface area contributed by atoms with Crippen LogP contribution in [0.4, 0.5) is 0 Å². The average Bonchev–Trinajstić information content (AvgIpc) is 2.63. The molecule has 26 heavy (non-hydrogen) atoms. The lowest BCUT2D eigenvalue weighted by atomic mass is 10.1. The Hall–Kier alpha value is 0.720. The molecule has 0 aliphatic heterocycles. The molecule has 0 heterocycles. The molecular formula is C24H52ClP. The molecule has 0 nitrogen and oxygen atoms in total. The molecule has 0 unspecified atom stereocenters. The fourth-order valence-corrected chi connectivity index (χ4v) is 9.22. The summed E-state index contributed by atoms with van der Waals surface area (Å²) in [5.41, 5.74) is 0. The quantitative estimate of drug-likeness (QED) is 0.164. The Kier molecular flexibility index (Phi) is 24.5. The second-order valence-electron chi connectivity index (χ2n) is 8.48. The van der Waals surface area contributed by atoms with Crippen LogP contribution in [-0.2, 0) is 0 Å². The van der Waals surface area contributed by atoms with Gasteiger partial charge in [-0.3, -0.25) is 0 Å². The van der Waals surface area contributed by atoms with Crippen LogP contribution in [0.3, 0.4) is 0 Å². The molecule has 0 spiro atoms. The maximum atomic E-state index is 2.39. The Labute approximate surface area is 174 Å². The fourth-order valence-electron chi connectivity index (χ4n) is 4.11. The first-order valence-corrected chi connectivity index (χ1v) is 14.6. The second kappa shape index (κ2) is 22.0. The number of hydrogen-bond acceptors (Lipinski definition) is 0. The van der Waals surface area contributed by atoms with Gasteiger partial charge in [-0.2, -0.15) is 0 Å². The summed E-state index contributed by atoms with van der Waals surface area (Å²) in [5, 5.41) is 0. The second-order valence-corrected chi connectivity index (χ2v) is 13.0. The van der Waals surface area contributed by atoms with Gasteiger partial charge in [0.15, 0.2) is 0 Å². The Morgan fingerprint density at radius 3 is 0.962 bits per heavy atom. The van der Waals surface area contributed by atoms with Crippen molar-refractivity contribution in [1.82, 2.24) is 0 Å². The SMILES string of the molecule is CCCCCCCC[P+](CCCC)(CCCC)CCCCCCCC.[Cl-]. The zero-order valence-electron chi connectivity index (χ0n) is 19.0. The van der Waals surface area contributed by atoms with Gasteiger partial charge in [0.25, 0.3) is 0 Å². The summed E-state index contributed by atoms with van der Waals surface area (Å²) in [6.45, 7) is 9.44. The molecule has 160 valence electrons. The van der Waals surface area contributed by atoms with Crippen molar-refractivity contribution in [3.8, 4) is 0 Å². The van der Waals surface area contributed by atoms with Crippen molar-refractivity contribution in [3.05, 3.63) is 0 Å². The molecule has 0 saturated heterocycles. The summed E-state index contributed by atoms with van der Waals surface area (Å²) in [6, 6.07) is 0. The minimum absolute atomic E-state index is 0. The van der Waals surface area contributed by atoms with Crippen molar-refractivity contribution in [2.75, 3.05) is 24.6 Å². The summed E-state index contributed by atoms with van der Waals surface area (Å²) < 4.78 is 0. The van der Waals surface area contributed by atoms with E-state index in [-0.39, 0.29) is 12.4 Å². The van der Waals surface area contributed by atoms with E-state index in [0.717, 1.165) is 0 Å². The third-order valence-corrected chi connectivity index (χ3v) is 11.0. The molecule has 0 saturated carbocycles. The summed E-state index contributed by atoms with van der Waals surface area (Å²) in [4.78, 5) is 0. The summed E-state index contributed by atoms with van der Waals surface area (Å²) in [7, 11) is -0.640. The molecule has 0 atom stereocenters. The Morgan fingerprint density at radius 1 is 0.346 bits per heavy atom. The first kappa shape index (κ1) is 28.9. The number of rotatable bonds is 20. The predicted octanol–water partition coefficient (Wildman–Crippen LogP) is 6.33. The first-order chi connectivity index (χ1) is 12.2. The lowest BCUT2D eigenvalue weighted by Gasteiger charge is -2.28. The van der Waals surface area contributed by atoms with Gasteiger partial charge < -0.3 is 12.4 Å². The van der Waals surface area contributed by atoms with Crippen LogP contribution in [-0.4, -0.2) is 24.6 Å². The van der Waals surface area contributed by atoms with E-state index in [2.05, 4.69) is 27.7 Å². The van der Waals surface area contributed by atoms with Gasteiger partial charge in [-0.25, -0.2) is 0 Å². The molecule has 0 aromatic heterocycles. The third-order valence-electron chi connectivity index (χ3n) is 5.94. The third kappa shape index (κ3) is 16.9. The van der Waals surface area contributed by atoms with Crippen molar-refractivity contribution in [2.45, 2.75) is 130 Å². The normalized spacial score (nSPS) is 11.5. The van der Waals surface area contributed by atoms with Crippen LogP contribution in [0.15, 0.2) is 0 Å². The van der Waals surface area contributed by atoms with Gasteiger partial charge >= 0.3 is 0 Å². The average molecular weight is 407 g/mol. The largest absolute Gasteiger partial charge is 1.00 e. The van der Waals surface area contributed by atoms with Crippen LogP contribution in [0.5, 0.6) is 0 Å². The van der Waals surface area contributed by atoms with E-state index < -0.39 is 7.26 Å². The number of unbranched alkanes of at least 4 members (excludes halogenated alkanes) is 12. The highest BCUT2D eigenvalue weighted by Crippen LogP contribution is 2.61. The smallest absolute Gasteiger partial charge is 0.0594 e. The number of hydrogen-bond donors (Lipinski definition) is 0. The van der Waals surface area contributed by atoms with Crippen LogP contribution in [0, 0.1) is 0 Å². The standard InChI is InChI=1S/C24H52P.ClH/c1-5-9-13-15-17-19-23-25(21-11-7-3,22-12-8-4)24-20-18-16-14-10-6-2;/h5-24H2,1-4H3;1H/q+1;/p-1. The monoisotopic (exact) mass is 406 g/mol. The molecule has 0 aliphatic rings. The summed E-state index contributed by atoms with van der Waals surface area (Å²) in [6.07, 6.45) is 30.0. The van der Waals surface area contributed by atoms with Crippen LogP contribution in [0.2, 0.25) is 0 Å². The van der Waals surface area contributed by atoms with E-state index in [9.17, 15) is 0 Å². The van der Waals surface area contributed by atoms with Crippen LogP contribution >= 0.6 is 7.26 Å². The number of halogens is 1. The molecule has 0 aromatic carbocycles. The zero-order valence-corrected chi connectivity index (χ0v) is 20.6. The van der Waals surface area contributed by atoms with Crippen molar-refractivity contribution < 1.29 is 12.4 Å². The topological polar surface area (TPSA) is 0 Å². The Morgan fingerprint density at radius 2 is 0.615 bits per heavy atom. The molecule has 0 N–H and O–H groups in total. The van der Waals surface area contributed by atoms with Crippen molar-refractivity contribution in [3.63, 3.8) is 0 Å². The van der Waals surface area contributed by atoms with Crippen molar-refractivity contribution in [2.24, 2.45) is 0 Å². The highest BCUT2D eigenvalue weighted by Gasteiger charge is 2.34. The van der Waals surface area contributed by atoms with Gasteiger partial charge in [0, 0.05) is 7.26 Å². The van der Waals surface area contributed by atoms with Gasteiger partial charge in [-0.05, 0) is 38.5 Å². The molecule has 0 rings (SSSR count). The zero-order chi connectivity index (χ0) is 18.6. The van der Waals surface area contributed by atoms with Crippen LogP contribution in [0.25, 0.3) is 0 Å². The van der Waals surface area contributed by atoms with Crippen LogP contribution in [0.1, 0.15) is 130 Å². The molecule has 0 radical (unpaired) electrons. The van der Waals surface area contributed by atoms with Crippen molar-refractivity contribution >= 4 is 7.26 Å². The maximum Gasteiger partial charge on any atom is 0.0594 e. The van der Waals surface area contributed by atoms with Gasteiger partial charge in [-0.1, -0.05) is 91.9 Å². The van der Waals surface area contributed by atoms with Crippen LogP contribution < -0.4 is 12.4 Å². The minimum atomic E-state index is -0.640. The maximum absolute atomic E-state index is 2.39. The molecular weight excluding hydrogens is 355 g/mol. The Bertz CT molecular complexity index is 229. The van der Waals surface area contributed by atoms with Gasteiger partial charge in [0.2, 0.25) is 0 Å². The molecule has 2 heteroatoms. The van der Waals surface area contributed by atoms with E-state index in [0.29, 0.717) is 0 Å². The summed E-state index contributed by atoms with van der Waals surface area (Å²) >= 11 is 0. The highest BCUT2D eigenvalue weighted by atomic mass is 35.5. The lowest BCUT2D eigenvalue weighted by Crippen LogP contribution is -3.00. The van der Waals surface area contributed by atoms with E-state index >= 15 is 0 Å². The predicted molar refractivity (Wildman–Crippen MR) is 123 cm³/mol. The first-order valence-electron chi connectivity index (χ1n) is 12.1. The lowest BCUT2D eigenvalue weighted by molar-refractivity contribution is -0.00000579. The van der Waals surface area contributed by atoms with E-state index in [1.807, 2.05) is 0 Å². The van der Waals surface area contributed by atoms with Crippen molar-refractivity contribution in [1.29, 1.82) is 0 Å². The highest BCUT2D eigenvalue weighted by molar-refractivity contribution is 7.75. The molecule has 0 aromatic rings. The fraction of sp³-hybridized carbons (Fsp3) is 1.00. The molecule has 0 bridgehead atoms. The Balaban J connectivity index is 0. The van der Waals surface area contributed by atoms with E-state index in [1.54, 1.807) is 37.5 Å². The minimum Gasteiger partial charge on any atom is -1.00 e.